The van der Waals surface area contributed by atoms with Crippen molar-refractivity contribution < 1.29 is 9.59 Å². The zero-order chi connectivity index (χ0) is 21.2. The van der Waals surface area contributed by atoms with Crippen molar-refractivity contribution in [1.29, 1.82) is 0 Å². The van der Waals surface area contributed by atoms with Gasteiger partial charge in [0.05, 0.1) is 6.04 Å². The third kappa shape index (κ3) is 3.87. The quantitative estimate of drug-likeness (QED) is 0.674. The molecule has 31 heavy (non-hydrogen) atoms. The van der Waals surface area contributed by atoms with Gasteiger partial charge in [0.25, 0.3) is 5.91 Å². The van der Waals surface area contributed by atoms with Crippen molar-refractivity contribution in [3.05, 3.63) is 83.9 Å². The third-order valence-corrected chi connectivity index (χ3v) is 5.78. The van der Waals surface area contributed by atoms with Gasteiger partial charge in [-0.1, -0.05) is 72.8 Å². The van der Waals surface area contributed by atoms with E-state index in [0.29, 0.717) is 13.0 Å². The van der Waals surface area contributed by atoms with Crippen LogP contribution in [0.1, 0.15) is 23.6 Å². The highest BCUT2D eigenvalue weighted by atomic mass is 16.2. The minimum Gasteiger partial charge on any atom is -0.350 e. The first-order valence-corrected chi connectivity index (χ1v) is 10.4. The van der Waals surface area contributed by atoms with Crippen molar-refractivity contribution >= 4 is 28.9 Å². The Morgan fingerprint density at radius 3 is 2.68 bits per heavy atom. The first-order chi connectivity index (χ1) is 15.2. The molecule has 2 aliphatic rings. The Hall–Kier alpha value is -3.71. The van der Waals surface area contributed by atoms with Gasteiger partial charge in [-0.2, -0.15) is 5.10 Å². The number of hydrogen-bond donors (Lipinski definition) is 2. The number of nitrogens with zero attached hydrogens (tertiary/aromatic N) is 3. The maximum absolute atomic E-state index is 13.0. The van der Waals surface area contributed by atoms with Gasteiger partial charge in [0.1, 0.15) is 18.9 Å². The zero-order valence-electron chi connectivity index (χ0n) is 16.9. The van der Waals surface area contributed by atoms with E-state index in [-0.39, 0.29) is 30.4 Å². The van der Waals surface area contributed by atoms with Crippen LogP contribution < -0.4 is 10.7 Å². The van der Waals surface area contributed by atoms with Crippen LogP contribution in [0.3, 0.4) is 0 Å². The summed E-state index contributed by atoms with van der Waals surface area (Å²) >= 11 is 0. The predicted molar refractivity (Wildman–Crippen MR) is 119 cm³/mol. The molecule has 2 unspecified atom stereocenters. The van der Waals surface area contributed by atoms with Crippen LogP contribution in [-0.2, 0) is 16.1 Å². The number of hydrazine groups is 1. The van der Waals surface area contributed by atoms with E-state index in [1.54, 1.807) is 11.3 Å². The molecule has 2 heterocycles. The average molecular weight is 413 g/mol. The zero-order valence-corrected chi connectivity index (χ0v) is 16.9. The number of fused-ring (bicyclic) bond motifs is 2. The highest BCUT2D eigenvalue weighted by Crippen LogP contribution is 2.33. The van der Waals surface area contributed by atoms with Crippen LogP contribution in [0, 0.1) is 0 Å². The van der Waals surface area contributed by atoms with E-state index in [0.717, 1.165) is 11.1 Å². The Balaban J connectivity index is 1.25. The lowest BCUT2D eigenvalue weighted by molar-refractivity contribution is -0.140. The minimum atomic E-state index is -0.386. The van der Waals surface area contributed by atoms with E-state index in [4.69, 9.17) is 0 Å². The molecule has 7 heteroatoms. The summed E-state index contributed by atoms with van der Waals surface area (Å²) in [7, 11) is 0. The number of hydrazone groups is 1. The summed E-state index contributed by atoms with van der Waals surface area (Å²) in [6.45, 7) is 0.330. The van der Waals surface area contributed by atoms with Gasteiger partial charge in [0, 0.05) is 6.54 Å². The van der Waals surface area contributed by atoms with E-state index in [1.165, 1.54) is 15.8 Å². The summed E-state index contributed by atoms with van der Waals surface area (Å²) in [6, 6.07) is 23.7. The molecule has 1 fully saturated rings. The standard InChI is InChI=1S/C24H23N5O2/c30-23(25-14-17-7-2-1-3-8-17)15-28-24(31)22-13-21(27-29(22)16-26-28)20-12-6-10-18-9-4-5-11-19(18)20/h1-12,16,21-22,27H,13-15H2,(H,25,30). The number of carbonyl (C=O) groups excluding carboxylic acids is 2. The molecular weight excluding hydrogens is 390 g/mol. The molecule has 2 aliphatic heterocycles. The number of benzene rings is 3. The normalized spacial score (nSPS) is 20.2. The second-order valence-corrected chi connectivity index (χ2v) is 7.80. The smallest absolute Gasteiger partial charge is 0.267 e. The van der Waals surface area contributed by atoms with Crippen molar-refractivity contribution in [3.63, 3.8) is 0 Å². The predicted octanol–water partition coefficient (Wildman–Crippen LogP) is 2.56. The van der Waals surface area contributed by atoms with Gasteiger partial charge >= 0.3 is 0 Å². The minimum absolute atomic E-state index is 0.00152. The number of hydrogen-bond acceptors (Lipinski definition) is 5. The molecule has 3 aromatic rings. The molecule has 0 bridgehead atoms. The molecule has 1 saturated heterocycles. The Morgan fingerprint density at radius 1 is 1.03 bits per heavy atom. The van der Waals surface area contributed by atoms with Gasteiger partial charge in [-0.15, -0.1) is 0 Å². The Kier molecular flexibility index (Phi) is 5.09. The molecule has 5 rings (SSSR count). The molecular formula is C24H23N5O2. The van der Waals surface area contributed by atoms with Crippen LogP contribution in [0.2, 0.25) is 0 Å². The fraction of sp³-hybridized carbons (Fsp3) is 0.208. The number of carbonyl (C=O) groups is 2. The monoisotopic (exact) mass is 413 g/mol. The molecule has 156 valence electrons. The molecule has 2 N–H and O–H groups in total. The lowest BCUT2D eigenvalue weighted by atomic mass is 9.96. The third-order valence-electron chi connectivity index (χ3n) is 5.78. The summed E-state index contributed by atoms with van der Waals surface area (Å²) in [6.07, 6.45) is 2.21. The summed E-state index contributed by atoms with van der Waals surface area (Å²) in [5, 5.41) is 12.4. The van der Waals surface area contributed by atoms with Crippen LogP contribution in [0.5, 0.6) is 0 Å². The molecule has 0 aromatic heterocycles. The molecule has 2 atom stereocenters. The van der Waals surface area contributed by atoms with E-state index in [2.05, 4.69) is 40.1 Å². The summed E-state index contributed by atoms with van der Waals surface area (Å²) in [5.41, 5.74) is 5.55. The van der Waals surface area contributed by atoms with Crippen LogP contribution in [0.25, 0.3) is 10.8 Å². The maximum Gasteiger partial charge on any atom is 0.267 e. The van der Waals surface area contributed by atoms with Crippen molar-refractivity contribution in [3.8, 4) is 0 Å². The van der Waals surface area contributed by atoms with Gasteiger partial charge in [-0.3, -0.25) is 14.6 Å². The van der Waals surface area contributed by atoms with E-state index in [1.807, 2.05) is 48.5 Å². The molecule has 2 amide bonds. The molecule has 0 saturated carbocycles. The molecule has 0 aliphatic carbocycles. The topological polar surface area (TPSA) is 77.0 Å². The van der Waals surface area contributed by atoms with Crippen molar-refractivity contribution in [1.82, 2.24) is 20.8 Å². The SMILES string of the molecule is O=C(CN1N=CN2NC(c3cccc4ccccc34)CC2C1=O)NCc1ccccc1. The summed E-state index contributed by atoms with van der Waals surface area (Å²) < 4.78 is 0. The Labute approximate surface area is 180 Å². The lowest BCUT2D eigenvalue weighted by Gasteiger charge is -2.29. The van der Waals surface area contributed by atoms with Crippen LogP contribution in [0.15, 0.2) is 77.9 Å². The van der Waals surface area contributed by atoms with Gasteiger partial charge in [0.2, 0.25) is 5.91 Å². The molecule has 3 aromatic carbocycles. The molecule has 0 radical (unpaired) electrons. The maximum atomic E-state index is 13.0. The van der Waals surface area contributed by atoms with E-state index >= 15 is 0 Å². The lowest BCUT2D eigenvalue weighted by Crippen LogP contribution is -2.52. The number of amides is 2. The fourth-order valence-electron chi connectivity index (χ4n) is 4.20. The average Bonchev–Trinajstić information content (AvgIpc) is 3.25. The first-order valence-electron chi connectivity index (χ1n) is 10.4. The van der Waals surface area contributed by atoms with E-state index in [9.17, 15) is 9.59 Å². The van der Waals surface area contributed by atoms with Crippen molar-refractivity contribution in [2.45, 2.75) is 25.0 Å². The number of nitrogens with one attached hydrogen (secondary N) is 2. The van der Waals surface area contributed by atoms with Crippen molar-refractivity contribution in [2.24, 2.45) is 5.10 Å². The second-order valence-electron chi connectivity index (χ2n) is 7.80. The highest BCUT2D eigenvalue weighted by molar-refractivity contribution is 5.91. The number of rotatable bonds is 5. The molecule has 0 spiro atoms. The van der Waals surface area contributed by atoms with Gasteiger partial charge < -0.3 is 5.32 Å². The van der Waals surface area contributed by atoms with Crippen LogP contribution in [-0.4, -0.2) is 40.8 Å². The van der Waals surface area contributed by atoms with Crippen molar-refractivity contribution in [2.75, 3.05) is 6.54 Å². The van der Waals surface area contributed by atoms with E-state index < -0.39 is 0 Å². The Bertz CT molecular complexity index is 1140. The largest absolute Gasteiger partial charge is 0.350 e. The highest BCUT2D eigenvalue weighted by Gasteiger charge is 2.41. The summed E-state index contributed by atoms with van der Waals surface area (Å²) in [4.78, 5) is 25.4. The van der Waals surface area contributed by atoms with Gasteiger partial charge in [-0.25, -0.2) is 10.4 Å². The second kappa shape index (κ2) is 8.20. The first kappa shape index (κ1) is 19.3. The fourth-order valence-corrected chi connectivity index (χ4v) is 4.20. The van der Waals surface area contributed by atoms with Gasteiger partial charge in [0.15, 0.2) is 0 Å². The molecule has 7 nitrogen and oxygen atoms in total. The Morgan fingerprint density at radius 2 is 1.81 bits per heavy atom. The van der Waals surface area contributed by atoms with Crippen LogP contribution in [0.4, 0.5) is 0 Å². The van der Waals surface area contributed by atoms with Gasteiger partial charge in [-0.05, 0) is 28.3 Å². The van der Waals surface area contributed by atoms with Crippen LogP contribution >= 0.6 is 0 Å². The summed E-state index contributed by atoms with van der Waals surface area (Å²) in [5.74, 6) is -0.410.